The molecule has 20 heavy (non-hydrogen) atoms. The molecule has 2 unspecified atom stereocenters. The zero-order valence-corrected chi connectivity index (χ0v) is 13.0. The van der Waals surface area contributed by atoms with Crippen LogP contribution in [0.1, 0.15) is 25.7 Å². The third kappa shape index (κ3) is 3.15. The number of carbonyl (C=O) groups excluding carboxylic acids is 1. The SMILES string of the molecule is CNC1(C(=O)OC)CCCC(N2CCS(=O)(=O)CC2)C1. The Morgan fingerprint density at radius 2 is 2.00 bits per heavy atom. The molecule has 116 valence electrons. The third-order valence-electron chi connectivity index (χ3n) is 4.68. The first-order valence-corrected chi connectivity index (χ1v) is 8.96. The number of nitrogens with one attached hydrogen (secondary N) is 1. The highest BCUT2D eigenvalue weighted by molar-refractivity contribution is 7.91. The van der Waals surface area contributed by atoms with Gasteiger partial charge in [-0.05, 0) is 32.7 Å². The molecular formula is C13H24N2O4S. The van der Waals surface area contributed by atoms with Crippen LogP contribution < -0.4 is 5.32 Å². The summed E-state index contributed by atoms with van der Waals surface area (Å²) >= 11 is 0. The Morgan fingerprint density at radius 3 is 2.55 bits per heavy atom. The van der Waals surface area contributed by atoms with Crippen molar-refractivity contribution in [3.05, 3.63) is 0 Å². The van der Waals surface area contributed by atoms with Crippen LogP contribution >= 0.6 is 0 Å². The average molecular weight is 304 g/mol. The Hall–Kier alpha value is -0.660. The van der Waals surface area contributed by atoms with Crippen LogP contribution in [0.25, 0.3) is 0 Å². The van der Waals surface area contributed by atoms with E-state index < -0.39 is 15.4 Å². The number of methoxy groups -OCH3 is 1. The van der Waals surface area contributed by atoms with E-state index in [-0.39, 0.29) is 23.5 Å². The first kappa shape index (κ1) is 15.7. The second kappa shape index (κ2) is 5.99. The summed E-state index contributed by atoms with van der Waals surface area (Å²) in [7, 11) is 0.348. The van der Waals surface area contributed by atoms with E-state index in [4.69, 9.17) is 4.74 Å². The van der Waals surface area contributed by atoms with Crippen molar-refractivity contribution in [2.75, 3.05) is 38.8 Å². The molecule has 0 bridgehead atoms. The Bertz CT molecular complexity index is 451. The number of ether oxygens (including phenoxy) is 1. The van der Waals surface area contributed by atoms with E-state index in [1.807, 2.05) is 0 Å². The fourth-order valence-electron chi connectivity index (χ4n) is 3.36. The number of hydrogen-bond donors (Lipinski definition) is 1. The highest BCUT2D eigenvalue weighted by Gasteiger charge is 2.44. The lowest BCUT2D eigenvalue weighted by molar-refractivity contribution is -0.151. The molecule has 1 N–H and O–H groups in total. The minimum Gasteiger partial charge on any atom is -0.468 e. The lowest BCUT2D eigenvalue weighted by Crippen LogP contribution is -2.59. The van der Waals surface area contributed by atoms with Crippen LogP contribution in [-0.2, 0) is 19.4 Å². The van der Waals surface area contributed by atoms with Gasteiger partial charge in [-0.1, -0.05) is 0 Å². The summed E-state index contributed by atoms with van der Waals surface area (Å²) in [5.74, 6) is 0.247. The van der Waals surface area contributed by atoms with Crippen molar-refractivity contribution in [3.8, 4) is 0 Å². The van der Waals surface area contributed by atoms with Crippen LogP contribution in [0, 0.1) is 0 Å². The summed E-state index contributed by atoms with van der Waals surface area (Å²) in [4.78, 5) is 14.3. The van der Waals surface area contributed by atoms with Crippen LogP contribution in [-0.4, -0.2) is 69.6 Å². The Labute approximate surface area is 120 Å². The predicted octanol–water partition coefficient (Wildman–Crippen LogP) is -0.209. The lowest BCUT2D eigenvalue weighted by Gasteiger charge is -2.43. The molecule has 1 saturated heterocycles. The Morgan fingerprint density at radius 1 is 1.35 bits per heavy atom. The second-order valence-corrected chi connectivity index (χ2v) is 8.07. The number of rotatable bonds is 3. The minimum atomic E-state index is -2.86. The van der Waals surface area contributed by atoms with Crippen molar-refractivity contribution >= 4 is 15.8 Å². The van der Waals surface area contributed by atoms with Gasteiger partial charge in [-0.2, -0.15) is 0 Å². The molecule has 0 spiro atoms. The molecule has 2 aliphatic rings. The van der Waals surface area contributed by atoms with Crippen molar-refractivity contribution in [3.63, 3.8) is 0 Å². The molecule has 0 aromatic rings. The molecule has 0 amide bonds. The molecule has 1 aliphatic heterocycles. The van der Waals surface area contributed by atoms with E-state index in [0.29, 0.717) is 19.5 Å². The molecule has 0 aromatic heterocycles. The van der Waals surface area contributed by atoms with Gasteiger partial charge in [-0.25, -0.2) is 8.42 Å². The van der Waals surface area contributed by atoms with E-state index >= 15 is 0 Å². The molecule has 1 heterocycles. The summed E-state index contributed by atoms with van der Waals surface area (Å²) in [6.45, 7) is 1.15. The Kier molecular flexibility index (Phi) is 4.71. The molecule has 2 fully saturated rings. The van der Waals surface area contributed by atoms with E-state index in [1.54, 1.807) is 7.05 Å². The molecule has 1 saturated carbocycles. The van der Waals surface area contributed by atoms with Gasteiger partial charge in [-0.3, -0.25) is 9.69 Å². The number of nitrogens with zero attached hydrogens (tertiary/aromatic N) is 1. The van der Waals surface area contributed by atoms with Gasteiger partial charge >= 0.3 is 5.97 Å². The maximum absolute atomic E-state index is 12.1. The average Bonchev–Trinajstić information content (AvgIpc) is 2.46. The summed E-state index contributed by atoms with van der Waals surface area (Å²) < 4.78 is 27.9. The third-order valence-corrected chi connectivity index (χ3v) is 6.28. The van der Waals surface area contributed by atoms with Gasteiger partial charge in [0, 0.05) is 19.1 Å². The highest BCUT2D eigenvalue weighted by Crippen LogP contribution is 2.32. The van der Waals surface area contributed by atoms with Crippen molar-refractivity contribution in [1.29, 1.82) is 0 Å². The maximum Gasteiger partial charge on any atom is 0.326 e. The van der Waals surface area contributed by atoms with Crippen LogP contribution in [0.5, 0.6) is 0 Å². The maximum atomic E-state index is 12.1. The molecule has 0 aromatic carbocycles. The van der Waals surface area contributed by atoms with E-state index in [9.17, 15) is 13.2 Å². The van der Waals surface area contributed by atoms with Crippen LogP contribution in [0.2, 0.25) is 0 Å². The number of esters is 1. The van der Waals surface area contributed by atoms with Gasteiger partial charge in [0.15, 0.2) is 9.84 Å². The smallest absolute Gasteiger partial charge is 0.326 e. The fourth-order valence-corrected chi connectivity index (χ4v) is 4.59. The van der Waals surface area contributed by atoms with Gasteiger partial charge in [0.25, 0.3) is 0 Å². The van der Waals surface area contributed by atoms with Crippen molar-refractivity contribution in [2.24, 2.45) is 0 Å². The summed E-state index contributed by atoms with van der Waals surface area (Å²) in [5.41, 5.74) is -0.617. The monoisotopic (exact) mass is 304 g/mol. The predicted molar refractivity (Wildman–Crippen MR) is 76.3 cm³/mol. The van der Waals surface area contributed by atoms with Crippen molar-refractivity contribution in [1.82, 2.24) is 10.2 Å². The van der Waals surface area contributed by atoms with Crippen molar-refractivity contribution < 1.29 is 17.9 Å². The van der Waals surface area contributed by atoms with Gasteiger partial charge in [0.1, 0.15) is 5.54 Å². The molecule has 7 heteroatoms. The topological polar surface area (TPSA) is 75.7 Å². The summed E-state index contributed by atoms with van der Waals surface area (Å²) in [5, 5.41) is 3.13. The number of hydrogen-bond acceptors (Lipinski definition) is 6. The molecule has 0 radical (unpaired) electrons. The normalized spacial score (nSPS) is 34.6. The van der Waals surface area contributed by atoms with Crippen LogP contribution in [0.4, 0.5) is 0 Å². The molecular weight excluding hydrogens is 280 g/mol. The van der Waals surface area contributed by atoms with Gasteiger partial charge < -0.3 is 10.1 Å². The fraction of sp³-hybridized carbons (Fsp3) is 0.923. The van der Waals surface area contributed by atoms with E-state index in [1.165, 1.54) is 7.11 Å². The van der Waals surface area contributed by atoms with Gasteiger partial charge in [-0.15, -0.1) is 0 Å². The summed E-state index contributed by atoms with van der Waals surface area (Å²) in [6, 6.07) is 0.255. The van der Waals surface area contributed by atoms with Crippen molar-refractivity contribution in [2.45, 2.75) is 37.3 Å². The summed E-state index contributed by atoms with van der Waals surface area (Å²) in [6.07, 6.45) is 3.43. The zero-order valence-electron chi connectivity index (χ0n) is 12.2. The molecule has 2 atom stereocenters. The van der Waals surface area contributed by atoms with E-state index in [2.05, 4.69) is 10.2 Å². The first-order valence-electron chi connectivity index (χ1n) is 7.14. The second-order valence-electron chi connectivity index (χ2n) is 5.76. The zero-order chi connectivity index (χ0) is 14.8. The quantitative estimate of drug-likeness (QED) is 0.727. The van der Waals surface area contributed by atoms with Gasteiger partial charge in [0.05, 0.1) is 18.6 Å². The molecule has 2 rings (SSSR count). The van der Waals surface area contributed by atoms with E-state index in [0.717, 1.165) is 19.3 Å². The van der Waals surface area contributed by atoms with Crippen LogP contribution in [0.3, 0.4) is 0 Å². The molecule has 6 nitrogen and oxygen atoms in total. The minimum absolute atomic E-state index is 0.214. The highest BCUT2D eigenvalue weighted by atomic mass is 32.2. The van der Waals surface area contributed by atoms with Crippen LogP contribution in [0.15, 0.2) is 0 Å². The van der Waals surface area contributed by atoms with Gasteiger partial charge in [0.2, 0.25) is 0 Å². The standard InChI is InChI=1S/C13H24N2O4S/c1-14-13(12(16)19-2)5-3-4-11(10-13)15-6-8-20(17,18)9-7-15/h11,14H,3-10H2,1-2H3. The lowest BCUT2D eigenvalue weighted by atomic mass is 9.78. The molecule has 1 aliphatic carbocycles. The Balaban J connectivity index is 2.05. The largest absolute Gasteiger partial charge is 0.468 e. The number of carbonyl (C=O) groups is 1. The number of likely N-dealkylation sites (N-methyl/N-ethyl adjacent to an activating group) is 1. The first-order chi connectivity index (χ1) is 9.42. The number of sulfone groups is 1.